The van der Waals surface area contributed by atoms with Gasteiger partial charge < -0.3 is 16.0 Å². The molecule has 0 spiro atoms. The van der Waals surface area contributed by atoms with E-state index in [4.69, 9.17) is 5.73 Å². The monoisotopic (exact) mass is 278 g/mol. The van der Waals surface area contributed by atoms with E-state index >= 15 is 0 Å². The lowest BCUT2D eigenvalue weighted by Gasteiger charge is -2.02. The van der Waals surface area contributed by atoms with Crippen LogP contribution in [0.2, 0.25) is 0 Å². The minimum atomic E-state index is -0.231. The highest BCUT2D eigenvalue weighted by Gasteiger charge is 2.09. The number of amides is 1. The molecule has 2 aromatic heterocycles. The van der Waals surface area contributed by atoms with E-state index in [2.05, 4.69) is 15.3 Å². The van der Waals surface area contributed by atoms with Crippen LogP contribution < -0.4 is 16.6 Å². The number of nitrogens with two attached hydrogens (primary N) is 1. The van der Waals surface area contributed by atoms with Crippen LogP contribution in [0.1, 0.15) is 21.1 Å². The van der Waals surface area contributed by atoms with Gasteiger partial charge in [0.05, 0.1) is 5.01 Å². The van der Waals surface area contributed by atoms with Gasteiger partial charge in [0, 0.05) is 30.6 Å². The van der Waals surface area contributed by atoms with Gasteiger partial charge in [-0.15, -0.1) is 11.3 Å². The summed E-state index contributed by atoms with van der Waals surface area (Å²) >= 11 is 1.43. The number of pyridine rings is 1. The van der Waals surface area contributed by atoms with Gasteiger partial charge in [-0.3, -0.25) is 9.59 Å². The molecule has 2 aromatic rings. The summed E-state index contributed by atoms with van der Waals surface area (Å²) in [5.41, 5.74) is 6.49. The summed E-state index contributed by atoms with van der Waals surface area (Å²) < 4.78 is 0. The van der Waals surface area contributed by atoms with E-state index < -0.39 is 0 Å². The topological polar surface area (TPSA) is 101 Å². The second kappa shape index (κ2) is 6.26. The minimum Gasteiger partial charge on any atom is -0.347 e. The van der Waals surface area contributed by atoms with Crippen molar-refractivity contribution in [2.75, 3.05) is 6.54 Å². The average Bonchev–Trinajstić information content (AvgIpc) is 2.87. The van der Waals surface area contributed by atoms with Crippen molar-refractivity contribution >= 4 is 17.2 Å². The van der Waals surface area contributed by atoms with E-state index in [1.54, 1.807) is 17.6 Å². The Morgan fingerprint density at radius 2 is 2.32 bits per heavy atom. The molecule has 0 atom stereocenters. The summed E-state index contributed by atoms with van der Waals surface area (Å²) in [6, 6.07) is 3.09. The second-order valence-corrected chi connectivity index (χ2v) is 4.85. The van der Waals surface area contributed by atoms with Crippen LogP contribution >= 0.6 is 11.3 Å². The van der Waals surface area contributed by atoms with Crippen LogP contribution in [-0.2, 0) is 13.0 Å². The predicted molar refractivity (Wildman–Crippen MR) is 73.1 cm³/mol. The molecule has 0 aromatic carbocycles. The van der Waals surface area contributed by atoms with Gasteiger partial charge in [-0.05, 0) is 12.1 Å². The third kappa shape index (κ3) is 3.73. The minimum absolute atomic E-state index is 0.166. The fourth-order valence-electron chi connectivity index (χ4n) is 1.48. The Hall–Kier alpha value is -1.99. The highest BCUT2D eigenvalue weighted by atomic mass is 32.1. The lowest BCUT2D eigenvalue weighted by Crippen LogP contribution is -2.23. The molecule has 0 aliphatic carbocycles. The van der Waals surface area contributed by atoms with Crippen molar-refractivity contribution in [1.82, 2.24) is 15.3 Å². The van der Waals surface area contributed by atoms with Crippen molar-refractivity contribution in [2.45, 2.75) is 13.0 Å². The van der Waals surface area contributed by atoms with Gasteiger partial charge in [0.1, 0.15) is 5.69 Å². The molecule has 6 nitrogen and oxygen atoms in total. The largest absolute Gasteiger partial charge is 0.347 e. The van der Waals surface area contributed by atoms with Gasteiger partial charge >= 0.3 is 0 Å². The van der Waals surface area contributed by atoms with Gasteiger partial charge in [-0.25, -0.2) is 4.98 Å². The fourth-order valence-corrected chi connectivity index (χ4v) is 2.27. The fraction of sp³-hybridized carbons (Fsp3) is 0.250. The molecular weight excluding hydrogens is 264 g/mol. The number of carbonyl (C=O) groups is 1. The van der Waals surface area contributed by atoms with E-state index in [1.807, 2.05) is 0 Å². The van der Waals surface area contributed by atoms with Crippen LogP contribution in [-0.4, -0.2) is 22.4 Å². The SMILES string of the molecule is NCCc1nc(C(=O)NCc2ccc(=O)[nH]c2)cs1. The first-order valence-electron chi connectivity index (χ1n) is 5.79. The number of carbonyl (C=O) groups excluding carboxylic acids is 1. The molecular formula is C12H14N4O2S. The van der Waals surface area contributed by atoms with Crippen molar-refractivity contribution in [3.8, 4) is 0 Å². The summed E-state index contributed by atoms with van der Waals surface area (Å²) in [7, 11) is 0. The zero-order valence-corrected chi connectivity index (χ0v) is 11.0. The van der Waals surface area contributed by atoms with E-state index in [9.17, 15) is 9.59 Å². The van der Waals surface area contributed by atoms with Gasteiger partial charge in [0.15, 0.2) is 0 Å². The first-order valence-corrected chi connectivity index (χ1v) is 6.67. The van der Waals surface area contributed by atoms with Crippen LogP contribution in [0.25, 0.3) is 0 Å². The predicted octanol–water partition coefficient (Wildman–Crippen LogP) is 0.263. The molecule has 0 fully saturated rings. The molecule has 0 bridgehead atoms. The zero-order chi connectivity index (χ0) is 13.7. The molecule has 100 valence electrons. The first-order chi connectivity index (χ1) is 9.19. The Kier molecular flexibility index (Phi) is 4.43. The van der Waals surface area contributed by atoms with Crippen molar-refractivity contribution < 1.29 is 4.79 Å². The maximum Gasteiger partial charge on any atom is 0.271 e. The number of rotatable bonds is 5. The number of H-pyrrole nitrogens is 1. The molecule has 0 unspecified atom stereocenters. The highest BCUT2D eigenvalue weighted by molar-refractivity contribution is 7.09. The van der Waals surface area contributed by atoms with Gasteiger partial charge in [-0.1, -0.05) is 6.07 Å². The molecule has 4 N–H and O–H groups in total. The molecule has 7 heteroatoms. The first kappa shape index (κ1) is 13.4. The van der Waals surface area contributed by atoms with Crippen molar-refractivity contribution in [3.63, 3.8) is 0 Å². The van der Waals surface area contributed by atoms with Crippen LogP contribution in [0.15, 0.2) is 28.5 Å². The summed E-state index contributed by atoms with van der Waals surface area (Å²) in [5, 5.41) is 5.32. The Morgan fingerprint density at radius 1 is 1.47 bits per heavy atom. The Bertz CT molecular complexity index is 600. The quantitative estimate of drug-likeness (QED) is 0.730. The molecule has 0 aliphatic rings. The summed E-state index contributed by atoms with van der Waals surface area (Å²) in [5.74, 6) is -0.231. The molecule has 0 saturated heterocycles. The third-order valence-corrected chi connectivity index (χ3v) is 3.35. The highest BCUT2D eigenvalue weighted by Crippen LogP contribution is 2.10. The second-order valence-electron chi connectivity index (χ2n) is 3.91. The maximum absolute atomic E-state index is 11.8. The summed E-state index contributed by atoms with van der Waals surface area (Å²) in [6.45, 7) is 0.866. The van der Waals surface area contributed by atoms with Crippen molar-refractivity contribution in [1.29, 1.82) is 0 Å². The van der Waals surface area contributed by atoms with Crippen LogP contribution in [0.5, 0.6) is 0 Å². The molecule has 2 rings (SSSR count). The zero-order valence-electron chi connectivity index (χ0n) is 10.2. The van der Waals surface area contributed by atoms with Crippen molar-refractivity contribution in [3.05, 3.63) is 50.3 Å². The van der Waals surface area contributed by atoms with E-state index in [-0.39, 0.29) is 11.5 Å². The van der Waals surface area contributed by atoms with Gasteiger partial charge in [0.2, 0.25) is 5.56 Å². The number of nitrogens with zero attached hydrogens (tertiary/aromatic N) is 1. The molecule has 0 saturated carbocycles. The van der Waals surface area contributed by atoms with Crippen LogP contribution in [0.4, 0.5) is 0 Å². The Balaban J connectivity index is 1.93. The lowest BCUT2D eigenvalue weighted by atomic mass is 10.3. The van der Waals surface area contributed by atoms with Crippen molar-refractivity contribution in [2.24, 2.45) is 5.73 Å². The van der Waals surface area contributed by atoms with Crippen LogP contribution in [0.3, 0.4) is 0 Å². The molecule has 0 radical (unpaired) electrons. The summed E-state index contributed by atoms with van der Waals surface area (Å²) in [4.78, 5) is 29.5. The van der Waals surface area contributed by atoms with E-state index in [0.717, 1.165) is 10.6 Å². The number of aromatic nitrogens is 2. The van der Waals surface area contributed by atoms with Gasteiger partial charge in [-0.2, -0.15) is 0 Å². The van der Waals surface area contributed by atoms with E-state index in [1.165, 1.54) is 17.4 Å². The average molecular weight is 278 g/mol. The van der Waals surface area contributed by atoms with Gasteiger partial charge in [0.25, 0.3) is 5.91 Å². The molecule has 2 heterocycles. The number of aromatic amines is 1. The Morgan fingerprint density at radius 3 is 3.00 bits per heavy atom. The molecule has 19 heavy (non-hydrogen) atoms. The molecule has 1 amide bonds. The number of nitrogens with one attached hydrogen (secondary N) is 2. The summed E-state index contributed by atoms with van der Waals surface area (Å²) in [6.07, 6.45) is 2.25. The maximum atomic E-state index is 11.8. The normalized spacial score (nSPS) is 10.4. The smallest absolute Gasteiger partial charge is 0.271 e. The number of thiazole rings is 1. The number of hydrogen-bond acceptors (Lipinski definition) is 5. The number of hydrogen-bond donors (Lipinski definition) is 3. The lowest BCUT2D eigenvalue weighted by molar-refractivity contribution is 0.0946. The third-order valence-electron chi connectivity index (χ3n) is 2.44. The van der Waals surface area contributed by atoms with E-state index in [0.29, 0.717) is 25.2 Å². The van der Waals surface area contributed by atoms with Crippen LogP contribution in [0, 0.1) is 0 Å². The molecule has 0 aliphatic heterocycles. The standard InChI is InChI=1S/C12H14N4O2S/c13-4-3-11-16-9(7-19-11)12(18)15-6-8-1-2-10(17)14-5-8/h1-2,5,7H,3-4,6,13H2,(H,14,17)(H,15,18). The Labute approximate surface area is 113 Å².